The number of carbonyl (C=O) groups is 1. The van der Waals surface area contributed by atoms with E-state index in [0.717, 1.165) is 23.5 Å². The van der Waals surface area contributed by atoms with Gasteiger partial charge >= 0.3 is 0 Å². The zero-order valence-corrected chi connectivity index (χ0v) is 15.2. The van der Waals surface area contributed by atoms with Gasteiger partial charge in [0.25, 0.3) is 5.91 Å². The molecule has 3 N–H and O–H groups in total. The second-order valence-electron chi connectivity index (χ2n) is 5.84. The minimum Gasteiger partial charge on any atom is -0.464 e. The van der Waals surface area contributed by atoms with Crippen LogP contribution in [0.5, 0.6) is 0 Å². The minimum atomic E-state index is -0.0742. The fourth-order valence-corrected chi connectivity index (χ4v) is 2.49. The summed E-state index contributed by atoms with van der Waals surface area (Å²) in [5.41, 5.74) is 1.77. The van der Waals surface area contributed by atoms with Crippen LogP contribution in [-0.4, -0.2) is 32.5 Å². The molecule has 0 fully saturated rings. The van der Waals surface area contributed by atoms with E-state index in [0.29, 0.717) is 18.1 Å². The first-order chi connectivity index (χ1) is 12.0. The summed E-state index contributed by atoms with van der Waals surface area (Å²) in [4.78, 5) is 15.9. The summed E-state index contributed by atoms with van der Waals surface area (Å²) in [6.45, 7) is 4.66. The molecule has 25 heavy (non-hydrogen) atoms. The summed E-state index contributed by atoms with van der Waals surface area (Å²) in [5.74, 6) is 2.40. The van der Waals surface area contributed by atoms with Gasteiger partial charge in [-0.2, -0.15) is 0 Å². The topological polar surface area (TPSA) is 78.7 Å². The second kappa shape index (κ2) is 8.92. The van der Waals surface area contributed by atoms with E-state index in [9.17, 15) is 4.79 Å². The molecule has 2 rings (SSSR count). The van der Waals surface area contributed by atoms with Crippen molar-refractivity contribution >= 4 is 11.9 Å². The Balaban J connectivity index is 1.86. The maximum Gasteiger partial charge on any atom is 0.251 e. The fraction of sp³-hybridized carbons (Fsp3) is 0.368. The van der Waals surface area contributed by atoms with Crippen molar-refractivity contribution in [2.24, 2.45) is 4.99 Å². The Kier molecular flexibility index (Phi) is 6.62. The zero-order chi connectivity index (χ0) is 18.2. The Morgan fingerprint density at radius 2 is 2.08 bits per heavy atom. The molecule has 0 aliphatic rings. The molecule has 1 unspecified atom stereocenters. The van der Waals surface area contributed by atoms with Crippen LogP contribution < -0.4 is 16.0 Å². The van der Waals surface area contributed by atoms with E-state index in [4.69, 9.17) is 4.42 Å². The molecule has 0 saturated carbocycles. The molecular formula is C19H26N4O2. The Hall–Kier alpha value is -2.76. The molecule has 0 aliphatic heterocycles. The number of aryl methyl sites for hydroxylation is 1. The number of hydrogen-bond donors (Lipinski definition) is 3. The van der Waals surface area contributed by atoms with Crippen molar-refractivity contribution in [2.45, 2.75) is 26.3 Å². The predicted molar refractivity (Wildman–Crippen MR) is 99.9 cm³/mol. The van der Waals surface area contributed by atoms with Crippen LogP contribution in [-0.2, 0) is 6.42 Å². The quantitative estimate of drug-likeness (QED) is 0.556. The van der Waals surface area contributed by atoms with E-state index < -0.39 is 0 Å². The molecule has 1 amide bonds. The molecule has 2 aromatic rings. The lowest BCUT2D eigenvalue weighted by atomic mass is 10.1. The number of amides is 1. The molecule has 0 radical (unpaired) electrons. The molecule has 1 heterocycles. The highest BCUT2D eigenvalue weighted by Gasteiger charge is 2.11. The lowest BCUT2D eigenvalue weighted by molar-refractivity contribution is 0.0963. The second-order valence-corrected chi connectivity index (χ2v) is 5.84. The summed E-state index contributed by atoms with van der Waals surface area (Å²) in [5, 5.41) is 9.23. The van der Waals surface area contributed by atoms with Crippen LogP contribution in [0.4, 0.5) is 0 Å². The van der Waals surface area contributed by atoms with Crippen molar-refractivity contribution in [3.05, 3.63) is 59.0 Å². The highest BCUT2D eigenvalue weighted by Crippen LogP contribution is 2.15. The van der Waals surface area contributed by atoms with Crippen LogP contribution >= 0.6 is 0 Å². The van der Waals surface area contributed by atoms with Gasteiger partial charge in [-0.05, 0) is 50.1 Å². The third-order valence-corrected chi connectivity index (χ3v) is 3.89. The maximum absolute atomic E-state index is 11.7. The monoisotopic (exact) mass is 342 g/mol. The lowest BCUT2D eigenvalue weighted by Crippen LogP contribution is -2.39. The van der Waals surface area contributed by atoms with Gasteiger partial charge in [0.1, 0.15) is 11.5 Å². The molecular weight excluding hydrogens is 316 g/mol. The maximum atomic E-state index is 11.7. The van der Waals surface area contributed by atoms with Crippen LogP contribution in [0.2, 0.25) is 0 Å². The first-order valence-corrected chi connectivity index (χ1v) is 8.38. The largest absolute Gasteiger partial charge is 0.464 e. The summed E-state index contributed by atoms with van der Waals surface area (Å²) in [6, 6.07) is 11.6. The van der Waals surface area contributed by atoms with Gasteiger partial charge in [0.15, 0.2) is 5.96 Å². The Bertz CT molecular complexity index is 737. The van der Waals surface area contributed by atoms with E-state index in [1.54, 1.807) is 14.1 Å². The van der Waals surface area contributed by atoms with Crippen molar-refractivity contribution in [1.82, 2.24) is 16.0 Å². The average Bonchev–Trinajstić information content (AvgIpc) is 3.06. The number of nitrogens with one attached hydrogen (secondary N) is 3. The van der Waals surface area contributed by atoms with Gasteiger partial charge in [0.05, 0.1) is 6.04 Å². The summed E-state index contributed by atoms with van der Waals surface area (Å²) in [6.07, 6.45) is 0.791. The van der Waals surface area contributed by atoms with Gasteiger partial charge in [0, 0.05) is 26.2 Å². The SMILES string of the molecule is CN=C(NCCc1cccc(C(=O)NC)c1)NC(C)c1ccc(C)o1. The van der Waals surface area contributed by atoms with E-state index in [-0.39, 0.29) is 11.9 Å². The number of nitrogens with zero attached hydrogens (tertiary/aromatic N) is 1. The molecule has 1 aromatic heterocycles. The van der Waals surface area contributed by atoms with Crippen molar-refractivity contribution in [2.75, 3.05) is 20.6 Å². The molecule has 6 heteroatoms. The van der Waals surface area contributed by atoms with Gasteiger partial charge in [-0.15, -0.1) is 0 Å². The number of hydrogen-bond acceptors (Lipinski definition) is 3. The molecule has 0 spiro atoms. The highest BCUT2D eigenvalue weighted by molar-refractivity contribution is 5.94. The minimum absolute atomic E-state index is 0.0245. The van der Waals surface area contributed by atoms with Gasteiger partial charge in [0.2, 0.25) is 0 Å². The van der Waals surface area contributed by atoms with Crippen LogP contribution in [0.3, 0.4) is 0 Å². The molecule has 0 saturated heterocycles. The van der Waals surface area contributed by atoms with Crippen LogP contribution in [0.1, 0.15) is 40.4 Å². The fourth-order valence-electron chi connectivity index (χ4n) is 2.49. The number of rotatable bonds is 6. The first-order valence-electron chi connectivity index (χ1n) is 8.38. The first kappa shape index (κ1) is 18.6. The molecule has 0 aliphatic carbocycles. The smallest absolute Gasteiger partial charge is 0.251 e. The summed E-state index contributed by atoms with van der Waals surface area (Å²) in [7, 11) is 3.37. The third-order valence-electron chi connectivity index (χ3n) is 3.89. The van der Waals surface area contributed by atoms with Crippen molar-refractivity contribution in [1.29, 1.82) is 0 Å². The number of benzene rings is 1. The van der Waals surface area contributed by atoms with E-state index >= 15 is 0 Å². The van der Waals surface area contributed by atoms with Crippen LogP contribution in [0.15, 0.2) is 45.8 Å². The Morgan fingerprint density at radius 1 is 1.28 bits per heavy atom. The van der Waals surface area contributed by atoms with E-state index in [2.05, 4.69) is 20.9 Å². The normalized spacial score (nSPS) is 12.6. The lowest BCUT2D eigenvalue weighted by Gasteiger charge is -2.16. The van der Waals surface area contributed by atoms with Gasteiger partial charge in [-0.1, -0.05) is 12.1 Å². The summed E-state index contributed by atoms with van der Waals surface area (Å²) < 4.78 is 5.63. The van der Waals surface area contributed by atoms with Gasteiger partial charge in [-0.25, -0.2) is 0 Å². The van der Waals surface area contributed by atoms with Gasteiger partial charge < -0.3 is 20.4 Å². The molecule has 1 atom stereocenters. The molecule has 6 nitrogen and oxygen atoms in total. The Morgan fingerprint density at radius 3 is 2.72 bits per heavy atom. The molecule has 1 aromatic carbocycles. The average molecular weight is 342 g/mol. The van der Waals surface area contributed by atoms with Crippen molar-refractivity contribution in [3.63, 3.8) is 0 Å². The number of furan rings is 1. The van der Waals surface area contributed by atoms with Gasteiger partial charge in [-0.3, -0.25) is 9.79 Å². The van der Waals surface area contributed by atoms with Crippen molar-refractivity contribution in [3.8, 4) is 0 Å². The summed E-state index contributed by atoms with van der Waals surface area (Å²) >= 11 is 0. The van der Waals surface area contributed by atoms with Crippen molar-refractivity contribution < 1.29 is 9.21 Å². The Labute approximate surface area is 148 Å². The molecule has 0 bridgehead atoms. The zero-order valence-electron chi connectivity index (χ0n) is 15.2. The van der Waals surface area contributed by atoms with E-state index in [1.807, 2.05) is 50.2 Å². The number of guanidine groups is 1. The molecule has 134 valence electrons. The van der Waals surface area contributed by atoms with Crippen LogP contribution in [0, 0.1) is 6.92 Å². The number of aliphatic imine (C=N–C) groups is 1. The standard InChI is InChI=1S/C19H26N4O2/c1-13-8-9-17(25-13)14(2)23-19(21-4)22-11-10-15-6-5-7-16(12-15)18(24)20-3/h5-9,12,14H,10-11H2,1-4H3,(H,20,24)(H2,21,22,23). The van der Waals surface area contributed by atoms with E-state index in [1.165, 1.54) is 0 Å². The van der Waals surface area contributed by atoms with Crippen LogP contribution in [0.25, 0.3) is 0 Å². The number of carbonyl (C=O) groups excluding carboxylic acids is 1. The third kappa shape index (κ3) is 5.38. The highest BCUT2D eigenvalue weighted by atomic mass is 16.3. The predicted octanol–water partition coefficient (Wildman–Crippen LogP) is 2.42.